The van der Waals surface area contributed by atoms with E-state index in [0.29, 0.717) is 12.1 Å². The van der Waals surface area contributed by atoms with Gasteiger partial charge in [-0.2, -0.15) is 0 Å². The fourth-order valence-corrected chi connectivity index (χ4v) is 4.93. The molecule has 21 heavy (non-hydrogen) atoms. The number of thiophene rings is 1. The van der Waals surface area contributed by atoms with E-state index in [1.807, 2.05) is 11.3 Å². The van der Waals surface area contributed by atoms with Crippen molar-refractivity contribution >= 4 is 27.1 Å². The lowest BCUT2D eigenvalue weighted by Crippen LogP contribution is -2.67. The Morgan fingerprint density at radius 1 is 1.19 bits per heavy atom. The second-order valence-corrected chi connectivity index (χ2v) is 8.20. The topological polar surface area (TPSA) is 15.3 Å². The van der Waals surface area contributed by atoms with Crippen molar-refractivity contribution in [2.75, 3.05) is 11.4 Å². The van der Waals surface area contributed by atoms with Gasteiger partial charge < -0.3 is 10.2 Å². The fraction of sp³-hybridized carbons (Fsp3) is 0.556. The fourth-order valence-electron chi connectivity index (χ4n) is 4.16. The highest BCUT2D eigenvalue weighted by Gasteiger charge is 2.40. The first-order valence-corrected chi connectivity index (χ1v) is 9.02. The van der Waals surface area contributed by atoms with Crippen LogP contribution in [-0.4, -0.2) is 24.2 Å². The van der Waals surface area contributed by atoms with Crippen molar-refractivity contribution in [3.8, 4) is 0 Å². The first-order chi connectivity index (χ1) is 10.1. The molecule has 1 aromatic heterocycles. The lowest BCUT2D eigenvalue weighted by molar-refractivity contribution is 0.199. The summed E-state index contributed by atoms with van der Waals surface area (Å²) >= 11 is 1.83. The van der Waals surface area contributed by atoms with Crippen molar-refractivity contribution in [3.05, 3.63) is 29.6 Å². The third-order valence-electron chi connectivity index (χ3n) is 5.04. The number of hydrogen-bond donors (Lipinski definition) is 1. The van der Waals surface area contributed by atoms with Crippen molar-refractivity contribution in [2.45, 2.75) is 57.2 Å². The van der Waals surface area contributed by atoms with Crippen LogP contribution in [0.1, 0.15) is 39.5 Å². The van der Waals surface area contributed by atoms with E-state index >= 15 is 0 Å². The van der Waals surface area contributed by atoms with E-state index in [-0.39, 0.29) is 5.54 Å². The van der Waals surface area contributed by atoms with Gasteiger partial charge in [-0.05, 0) is 61.7 Å². The monoisotopic (exact) mass is 300 g/mol. The Morgan fingerprint density at radius 3 is 2.95 bits per heavy atom. The molecular formula is C18H24N2S. The minimum Gasteiger partial charge on any atom is -0.365 e. The largest absolute Gasteiger partial charge is 0.365 e. The number of benzene rings is 1. The minimum atomic E-state index is 0.197. The Bertz CT molecular complexity index is 645. The van der Waals surface area contributed by atoms with Gasteiger partial charge in [-0.15, -0.1) is 11.3 Å². The van der Waals surface area contributed by atoms with Gasteiger partial charge in [0.1, 0.15) is 0 Å². The van der Waals surface area contributed by atoms with Crippen LogP contribution in [0.4, 0.5) is 5.69 Å². The predicted octanol–water partition coefficient (Wildman–Crippen LogP) is 4.40. The molecule has 1 saturated carbocycles. The molecule has 4 rings (SSSR count). The molecule has 112 valence electrons. The van der Waals surface area contributed by atoms with Gasteiger partial charge in [0.25, 0.3) is 0 Å². The molecule has 1 aliphatic carbocycles. The van der Waals surface area contributed by atoms with Crippen molar-refractivity contribution in [1.29, 1.82) is 0 Å². The number of anilines is 1. The number of fused-ring (bicyclic) bond motifs is 2. The molecule has 2 heterocycles. The van der Waals surface area contributed by atoms with Gasteiger partial charge >= 0.3 is 0 Å². The van der Waals surface area contributed by atoms with E-state index in [0.717, 1.165) is 6.54 Å². The number of hydrogen-bond acceptors (Lipinski definition) is 3. The van der Waals surface area contributed by atoms with Crippen molar-refractivity contribution in [3.63, 3.8) is 0 Å². The third-order valence-corrected chi connectivity index (χ3v) is 5.94. The third kappa shape index (κ3) is 2.47. The Labute approximate surface area is 131 Å². The first-order valence-electron chi connectivity index (χ1n) is 8.14. The molecule has 0 amide bonds. The van der Waals surface area contributed by atoms with Crippen LogP contribution in [0, 0.1) is 0 Å². The van der Waals surface area contributed by atoms with E-state index in [4.69, 9.17) is 0 Å². The second kappa shape index (κ2) is 4.99. The normalized spacial score (nSPS) is 28.6. The molecule has 2 unspecified atom stereocenters. The van der Waals surface area contributed by atoms with E-state index in [1.54, 1.807) is 0 Å². The molecule has 1 aromatic carbocycles. The molecule has 1 saturated heterocycles. The average molecular weight is 300 g/mol. The Balaban J connectivity index is 1.72. The van der Waals surface area contributed by atoms with E-state index < -0.39 is 0 Å². The van der Waals surface area contributed by atoms with Crippen molar-refractivity contribution in [2.24, 2.45) is 0 Å². The minimum absolute atomic E-state index is 0.197. The highest BCUT2D eigenvalue weighted by molar-refractivity contribution is 7.17. The smallest absolute Gasteiger partial charge is 0.0444 e. The summed E-state index contributed by atoms with van der Waals surface area (Å²) in [5, 5.41) is 7.47. The maximum atomic E-state index is 3.89. The van der Waals surface area contributed by atoms with Crippen molar-refractivity contribution < 1.29 is 0 Å². The average Bonchev–Trinajstić information content (AvgIpc) is 2.92. The van der Waals surface area contributed by atoms with Crippen LogP contribution in [-0.2, 0) is 0 Å². The highest BCUT2D eigenvalue weighted by Crippen LogP contribution is 2.35. The Kier molecular flexibility index (Phi) is 3.23. The second-order valence-electron chi connectivity index (χ2n) is 7.26. The number of nitrogens with one attached hydrogen (secondary N) is 1. The Morgan fingerprint density at radius 2 is 2.05 bits per heavy atom. The van der Waals surface area contributed by atoms with Gasteiger partial charge in [0.05, 0.1) is 0 Å². The summed E-state index contributed by atoms with van der Waals surface area (Å²) in [4.78, 5) is 2.68. The van der Waals surface area contributed by atoms with Crippen LogP contribution in [0.15, 0.2) is 29.6 Å². The number of nitrogens with zero attached hydrogens (tertiary/aromatic N) is 1. The zero-order valence-electron chi connectivity index (χ0n) is 12.9. The van der Waals surface area contributed by atoms with Crippen LogP contribution in [0.2, 0.25) is 0 Å². The van der Waals surface area contributed by atoms with Gasteiger partial charge in [0.2, 0.25) is 0 Å². The van der Waals surface area contributed by atoms with E-state index in [9.17, 15) is 0 Å². The molecule has 0 bridgehead atoms. The molecule has 2 atom stereocenters. The highest BCUT2D eigenvalue weighted by atomic mass is 32.1. The van der Waals surface area contributed by atoms with Gasteiger partial charge in [-0.1, -0.05) is 12.8 Å². The van der Waals surface area contributed by atoms with E-state index in [1.165, 1.54) is 41.5 Å². The molecule has 2 fully saturated rings. The number of rotatable bonds is 1. The SMILES string of the molecule is CC1(C)CN(c2ccc3sccc3c2)C2CCCCC2N1. The number of piperazine rings is 1. The van der Waals surface area contributed by atoms with E-state index in [2.05, 4.69) is 53.7 Å². The zero-order valence-corrected chi connectivity index (χ0v) is 13.7. The summed E-state index contributed by atoms with van der Waals surface area (Å²) in [6.45, 7) is 5.78. The molecule has 3 heteroatoms. The molecule has 0 radical (unpaired) electrons. The molecule has 0 spiro atoms. The molecule has 1 N–H and O–H groups in total. The molecular weight excluding hydrogens is 276 g/mol. The maximum absolute atomic E-state index is 3.89. The van der Waals surface area contributed by atoms with Gasteiger partial charge in [-0.25, -0.2) is 0 Å². The summed E-state index contributed by atoms with van der Waals surface area (Å²) in [6, 6.07) is 10.6. The predicted molar refractivity (Wildman–Crippen MR) is 92.4 cm³/mol. The standard InChI is InChI=1S/C18H24N2S/c1-18(2)12-20(16-6-4-3-5-15(16)19-18)14-7-8-17-13(11-14)9-10-21-17/h7-11,15-16,19H,3-6,12H2,1-2H3. The Hall–Kier alpha value is -1.06. The maximum Gasteiger partial charge on any atom is 0.0444 e. The summed E-state index contributed by atoms with van der Waals surface area (Å²) < 4.78 is 1.40. The molecule has 2 aromatic rings. The van der Waals surface area contributed by atoms with Crippen LogP contribution in [0.25, 0.3) is 10.1 Å². The van der Waals surface area contributed by atoms with Crippen molar-refractivity contribution in [1.82, 2.24) is 5.32 Å². The van der Waals surface area contributed by atoms with Crippen LogP contribution in [0.3, 0.4) is 0 Å². The van der Waals surface area contributed by atoms with Gasteiger partial charge in [0, 0.05) is 34.6 Å². The van der Waals surface area contributed by atoms with Crippen LogP contribution < -0.4 is 10.2 Å². The quantitative estimate of drug-likeness (QED) is 0.839. The summed E-state index contributed by atoms with van der Waals surface area (Å²) in [5.41, 5.74) is 1.61. The van der Waals surface area contributed by atoms with Gasteiger partial charge in [0.15, 0.2) is 0 Å². The van der Waals surface area contributed by atoms with Crippen LogP contribution >= 0.6 is 11.3 Å². The lowest BCUT2D eigenvalue weighted by Gasteiger charge is -2.52. The molecule has 1 aliphatic heterocycles. The zero-order chi connectivity index (χ0) is 14.4. The summed E-state index contributed by atoms with van der Waals surface area (Å²) in [6.07, 6.45) is 5.41. The van der Waals surface area contributed by atoms with Gasteiger partial charge in [-0.3, -0.25) is 0 Å². The molecule has 2 aliphatic rings. The first kappa shape index (κ1) is 13.6. The summed E-state index contributed by atoms with van der Waals surface area (Å²) in [5.74, 6) is 0. The lowest BCUT2D eigenvalue weighted by atomic mass is 9.83. The summed E-state index contributed by atoms with van der Waals surface area (Å²) in [7, 11) is 0. The molecule has 2 nitrogen and oxygen atoms in total. The van der Waals surface area contributed by atoms with Crippen LogP contribution in [0.5, 0.6) is 0 Å².